The molecule has 1 N–H and O–H groups in total. The number of benzene rings is 2. The second-order valence-corrected chi connectivity index (χ2v) is 7.66. The zero-order valence-electron chi connectivity index (χ0n) is 17.4. The van der Waals surface area contributed by atoms with Gasteiger partial charge < -0.3 is 10.2 Å². The molecule has 0 radical (unpaired) electrons. The molecule has 1 saturated heterocycles. The van der Waals surface area contributed by atoms with Crippen molar-refractivity contribution in [2.75, 3.05) is 23.3 Å². The summed E-state index contributed by atoms with van der Waals surface area (Å²) in [6, 6.07) is 18.7. The van der Waals surface area contributed by atoms with E-state index in [9.17, 15) is 4.79 Å². The largest absolute Gasteiger partial charge is 0.355 e. The maximum absolute atomic E-state index is 12.7. The van der Waals surface area contributed by atoms with Gasteiger partial charge in [0.25, 0.3) is 5.91 Å². The number of carbonyl (C=O) groups excluding carboxylic acids is 1. The van der Waals surface area contributed by atoms with Gasteiger partial charge >= 0.3 is 0 Å². The second-order valence-electron chi connectivity index (χ2n) is 7.66. The number of piperidine rings is 1. The molecule has 2 aromatic heterocycles. The fourth-order valence-corrected chi connectivity index (χ4v) is 3.77. The Kier molecular flexibility index (Phi) is 5.52. The summed E-state index contributed by atoms with van der Waals surface area (Å²) < 4.78 is 1.50. The van der Waals surface area contributed by atoms with Crippen LogP contribution in [0.25, 0.3) is 16.9 Å². The lowest BCUT2D eigenvalue weighted by Crippen LogP contribution is -2.30. The highest BCUT2D eigenvalue weighted by atomic mass is 16.1. The Morgan fingerprint density at radius 1 is 0.906 bits per heavy atom. The molecule has 160 valence electrons. The summed E-state index contributed by atoms with van der Waals surface area (Å²) in [6.07, 6.45) is 5.18. The zero-order chi connectivity index (χ0) is 21.8. The second kappa shape index (κ2) is 8.93. The van der Waals surface area contributed by atoms with Crippen LogP contribution in [-0.4, -0.2) is 49.4 Å². The summed E-state index contributed by atoms with van der Waals surface area (Å²) in [5.41, 5.74) is 3.68. The van der Waals surface area contributed by atoms with Crippen LogP contribution in [0.2, 0.25) is 0 Å². The number of nitrogens with zero attached hydrogens (tertiary/aromatic N) is 7. The molecule has 32 heavy (non-hydrogen) atoms. The van der Waals surface area contributed by atoms with Crippen molar-refractivity contribution < 1.29 is 4.79 Å². The van der Waals surface area contributed by atoms with Crippen molar-refractivity contribution in [3.8, 4) is 16.9 Å². The average Bonchev–Trinajstić information content (AvgIpc) is 3.41. The van der Waals surface area contributed by atoms with Crippen LogP contribution in [0, 0.1) is 0 Å². The molecule has 9 nitrogen and oxygen atoms in total. The number of hydrogen-bond acceptors (Lipinski definition) is 7. The molecule has 0 atom stereocenters. The molecule has 0 spiro atoms. The van der Waals surface area contributed by atoms with Crippen LogP contribution in [0.4, 0.5) is 11.5 Å². The fourth-order valence-electron chi connectivity index (χ4n) is 3.77. The van der Waals surface area contributed by atoms with E-state index in [1.807, 2.05) is 42.5 Å². The minimum Gasteiger partial charge on any atom is -0.355 e. The molecular weight excluding hydrogens is 404 g/mol. The normalized spacial score (nSPS) is 13.7. The van der Waals surface area contributed by atoms with Crippen molar-refractivity contribution in [1.29, 1.82) is 0 Å². The molecule has 2 aromatic carbocycles. The highest BCUT2D eigenvalue weighted by Gasteiger charge is 2.13. The van der Waals surface area contributed by atoms with Crippen LogP contribution in [0.15, 0.2) is 67.0 Å². The molecule has 0 aliphatic carbocycles. The van der Waals surface area contributed by atoms with E-state index < -0.39 is 0 Å². The molecule has 0 saturated carbocycles. The average molecular weight is 426 g/mol. The van der Waals surface area contributed by atoms with Crippen molar-refractivity contribution in [2.24, 2.45) is 0 Å². The van der Waals surface area contributed by atoms with Gasteiger partial charge in [0.05, 0.1) is 11.4 Å². The van der Waals surface area contributed by atoms with E-state index in [-0.39, 0.29) is 5.91 Å². The predicted octanol–water partition coefficient (Wildman–Crippen LogP) is 3.36. The van der Waals surface area contributed by atoms with Gasteiger partial charge in [-0.15, -0.1) is 15.3 Å². The van der Waals surface area contributed by atoms with E-state index in [0.717, 1.165) is 30.2 Å². The Hall–Kier alpha value is -4.14. The monoisotopic (exact) mass is 426 g/mol. The van der Waals surface area contributed by atoms with Gasteiger partial charge in [-0.25, -0.2) is 4.68 Å². The molecule has 3 heterocycles. The quantitative estimate of drug-likeness (QED) is 0.522. The van der Waals surface area contributed by atoms with Gasteiger partial charge in [0, 0.05) is 29.9 Å². The first-order chi connectivity index (χ1) is 15.8. The predicted molar refractivity (Wildman–Crippen MR) is 121 cm³/mol. The summed E-state index contributed by atoms with van der Waals surface area (Å²) in [5.74, 6) is 0.722. The summed E-state index contributed by atoms with van der Waals surface area (Å²) in [7, 11) is 0. The van der Waals surface area contributed by atoms with E-state index >= 15 is 0 Å². The van der Waals surface area contributed by atoms with Gasteiger partial charge in [0.2, 0.25) is 0 Å². The smallest absolute Gasteiger partial charge is 0.255 e. The van der Waals surface area contributed by atoms with Crippen molar-refractivity contribution in [2.45, 2.75) is 19.3 Å². The zero-order valence-corrected chi connectivity index (χ0v) is 17.4. The van der Waals surface area contributed by atoms with Gasteiger partial charge in [0.1, 0.15) is 6.33 Å². The fraction of sp³-hybridized carbons (Fsp3) is 0.217. The third kappa shape index (κ3) is 4.31. The number of hydrogen-bond donors (Lipinski definition) is 1. The summed E-state index contributed by atoms with van der Waals surface area (Å²) in [4.78, 5) is 15.0. The Bertz CT molecular complexity index is 1180. The molecule has 4 aromatic rings. The SMILES string of the molecule is O=C(Nc1ccc(-c2ccc(N3CCCCC3)nn2)cc1)c1cccc(-n2cnnn2)c1. The summed E-state index contributed by atoms with van der Waals surface area (Å²) in [5, 5.41) is 22.8. The number of amides is 1. The van der Waals surface area contributed by atoms with Crippen LogP contribution < -0.4 is 10.2 Å². The molecule has 9 heteroatoms. The van der Waals surface area contributed by atoms with Crippen LogP contribution in [0.5, 0.6) is 0 Å². The van der Waals surface area contributed by atoms with Gasteiger partial charge in [0.15, 0.2) is 5.82 Å². The third-order valence-corrected chi connectivity index (χ3v) is 5.49. The Morgan fingerprint density at radius 3 is 2.47 bits per heavy atom. The summed E-state index contributed by atoms with van der Waals surface area (Å²) >= 11 is 0. The van der Waals surface area contributed by atoms with Crippen molar-refractivity contribution >= 4 is 17.4 Å². The number of anilines is 2. The first-order valence-corrected chi connectivity index (χ1v) is 10.6. The van der Waals surface area contributed by atoms with E-state index in [1.54, 1.807) is 18.2 Å². The first kappa shape index (κ1) is 19.8. The number of rotatable bonds is 5. The van der Waals surface area contributed by atoms with E-state index in [1.165, 1.54) is 30.3 Å². The Morgan fingerprint density at radius 2 is 1.75 bits per heavy atom. The molecular formula is C23H22N8O. The van der Waals surface area contributed by atoms with Crippen LogP contribution >= 0.6 is 0 Å². The van der Waals surface area contributed by atoms with Crippen LogP contribution in [0.3, 0.4) is 0 Å². The minimum atomic E-state index is -0.210. The highest BCUT2D eigenvalue weighted by Crippen LogP contribution is 2.22. The third-order valence-electron chi connectivity index (χ3n) is 5.49. The summed E-state index contributed by atoms with van der Waals surface area (Å²) in [6.45, 7) is 2.09. The van der Waals surface area contributed by atoms with Gasteiger partial charge in [-0.1, -0.05) is 18.2 Å². The van der Waals surface area contributed by atoms with Gasteiger partial charge in [-0.3, -0.25) is 4.79 Å². The van der Waals surface area contributed by atoms with E-state index in [4.69, 9.17) is 0 Å². The minimum absolute atomic E-state index is 0.210. The van der Waals surface area contributed by atoms with Crippen molar-refractivity contribution in [3.05, 3.63) is 72.6 Å². The molecule has 1 aliphatic rings. The molecule has 5 rings (SSSR count). The number of aromatic nitrogens is 6. The Labute approximate surface area is 185 Å². The lowest BCUT2D eigenvalue weighted by molar-refractivity contribution is 0.102. The molecule has 1 aliphatic heterocycles. The van der Waals surface area contributed by atoms with Crippen molar-refractivity contribution in [1.82, 2.24) is 30.4 Å². The lowest BCUT2D eigenvalue weighted by Gasteiger charge is -2.27. The molecule has 1 fully saturated rings. The van der Waals surface area contributed by atoms with Gasteiger partial charge in [-0.2, -0.15) is 0 Å². The van der Waals surface area contributed by atoms with Gasteiger partial charge in [-0.05, 0) is 72.2 Å². The Balaban J connectivity index is 1.26. The van der Waals surface area contributed by atoms with E-state index in [0.29, 0.717) is 16.9 Å². The molecule has 0 unspecified atom stereocenters. The number of tetrazole rings is 1. The maximum Gasteiger partial charge on any atom is 0.255 e. The first-order valence-electron chi connectivity index (χ1n) is 10.6. The lowest BCUT2D eigenvalue weighted by atomic mass is 10.1. The topological polar surface area (TPSA) is 102 Å². The van der Waals surface area contributed by atoms with E-state index in [2.05, 4.69) is 35.9 Å². The highest BCUT2D eigenvalue weighted by molar-refractivity contribution is 6.04. The number of nitrogens with one attached hydrogen (secondary N) is 1. The standard InChI is InChI=1S/C23H22N8O/c32-23(18-5-4-6-20(15-18)31-16-24-28-29-31)25-19-9-7-17(8-10-19)21-11-12-22(27-26-21)30-13-2-1-3-14-30/h4-12,15-16H,1-3,13-14H2,(H,25,32). The van der Waals surface area contributed by atoms with Crippen molar-refractivity contribution in [3.63, 3.8) is 0 Å². The number of carbonyl (C=O) groups is 1. The van der Waals surface area contributed by atoms with Crippen LogP contribution in [0.1, 0.15) is 29.6 Å². The molecule has 1 amide bonds. The maximum atomic E-state index is 12.7. The van der Waals surface area contributed by atoms with Crippen LogP contribution in [-0.2, 0) is 0 Å². The molecule has 0 bridgehead atoms.